The molecule has 11 aromatic rings. The van der Waals surface area contributed by atoms with Crippen molar-refractivity contribution in [1.82, 2.24) is 24.3 Å². The second-order valence-electron chi connectivity index (χ2n) is 15.5. The van der Waals surface area contributed by atoms with Crippen LogP contribution in [0.25, 0.3) is 83.2 Å². The fourth-order valence-electron chi connectivity index (χ4n) is 8.25. The summed E-state index contributed by atoms with van der Waals surface area (Å²) in [6, 6.07) is 42.7. The van der Waals surface area contributed by atoms with E-state index in [0.717, 1.165) is 63.5 Å². The molecule has 6 aromatic carbocycles. The zero-order valence-corrected chi connectivity index (χ0v) is 37.6. The third-order valence-electron chi connectivity index (χ3n) is 11.3. The molecule has 0 aliphatic heterocycles. The SMILES string of the molecule is [2H]C([2H])(c1ccc(-c2[c-]cc(F)cc2F)nc1)C([2H])([2H])c1cc(-c2ccccc2-c2cnc3c4[c-]cccc4n4cncc4c3c2-c2ccccc2)cc(C([2H])([2H])C([2H])([2H])c2ccc(-c3[c-]cc(F)cc3F)nc2)c1.[Ir+3]. The predicted molar refractivity (Wildman–Crippen MR) is 255 cm³/mol. The zero-order valence-electron chi connectivity index (χ0n) is 43.2. The summed E-state index contributed by atoms with van der Waals surface area (Å²) in [5, 5.41) is 1.50. The van der Waals surface area contributed by atoms with E-state index in [4.69, 9.17) is 4.98 Å². The van der Waals surface area contributed by atoms with Crippen LogP contribution in [0.2, 0.25) is 0 Å². The molecule has 10 heteroatoms. The molecule has 0 aliphatic carbocycles. The number of hydrogen-bond acceptors (Lipinski definition) is 4. The number of pyridine rings is 4. The first-order chi connectivity index (χ1) is 35.9. The van der Waals surface area contributed by atoms with Crippen molar-refractivity contribution in [1.29, 1.82) is 0 Å². The first kappa shape index (κ1) is 35.5. The van der Waals surface area contributed by atoms with Gasteiger partial charge >= 0.3 is 20.1 Å². The number of benzene rings is 6. The number of imidazole rings is 1. The summed E-state index contributed by atoms with van der Waals surface area (Å²) in [4.78, 5) is 18.0. The van der Waals surface area contributed by atoms with E-state index in [2.05, 4.69) is 33.2 Å². The molecule has 5 heterocycles. The van der Waals surface area contributed by atoms with E-state index in [1.807, 2.05) is 59.0 Å². The maximum Gasteiger partial charge on any atom is 3.00 e. The van der Waals surface area contributed by atoms with E-state index in [9.17, 15) is 28.5 Å². The minimum atomic E-state index is -3.03. The number of rotatable bonds is 11. The number of fused-ring (bicyclic) bond motifs is 6. The fourth-order valence-corrected chi connectivity index (χ4v) is 8.25. The van der Waals surface area contributed by atoms with Crippen LogP contribution in [0.5, 0.6) is 0 Å². The quantitative estimate of drug-likeness (QED) is 0.0736. The van der Waals surface area contributed by atoms with Gasteiger partial charge in [-0.3, -0.25) is 17.6 Å². The second kappa shape index (κ2) is 18.9. The third kappa shape index (κ3) is 8.60. The Labute approximate surface area is 414 Å². The number of aromatic nitrogens is 5. The van der Waals surface area contributed by atoms with E-state index in [1.165, 1.54) is 36.4 Å². The molecule has 0 N–H and O–H groups in total. The first-order valence-corrected chi connectivity index (χ1v) is 20.9. The summed E-state index contributed by atoms with van der Waals surface area (Å²) in [7, 11) is 0. The largest absolute Gasteiger partial charge is 3.00 e. The Morgan fingerprint density at radius 1 is 0.515 bits per heavy atom. The zero-order chi connectivity index (χ0) is 52.6. The first-order valence-electron chi connectivity index (χ1n) is 24.9. The Hall–Kier alpha value is -7.65. The third-order valence-corrected chi connectivity index (χ3v) is 11.3. The van der Waals surface area contributed by atoms with Crippen molar-refractivity contribution in [2.24, 2.45) is 0 Å². The van der Waals surface area contributed by atoms with Gasteiger partial charge in [0.15, 0.2) is 0 Å². The Morgan fingerprint density at radius 3 is 1.72 bits per heavy atom. The minimum Gasteiger partial charge on any atom is -0.341 e. The summed E-state index contributed by atoms with van der Waals surface area (Å²) in [6.07, 6.45) is -4.69. The average molecular weight is 1080 g/mol. The Morgan fingerprint density at radius 2 is 1.12 bits per heavy atom. The Balaban J connectivity index is 0.00000657. The van der Waals surface area contributed by atoms with Crippen LogP contribution in [0.3, 0.4) is 0 Å². The molecule has 0 saturated carbocycles. The van der Waals surface area contributed by atoms with Crippen LogP contribution in [0.15, 0.2) is 171 Å². The number of nitrogens with zero attached hydrogens (tertiary/aromatic N) is 5. The molecule has 0 fully saturated rings. The molecule has 5 nitrogen and oxygen atoms in total. The van der Waals surface area contributed by atoms with Crippen molar-refractivity contribution >= 4 is 27.3 Å². The van der Waals surface area contributed by atoms with Crippen LogP contribution in [0.1, 0.15) is 33.2 Å². The maximum atomic E-state index is 14.8. The molecule has 11 rings (SSSR count). The van der Waals surface area contributed by atoms with Gasteiger partial charge in [-0.25, -0.2) is 4.98 Å². The van der Waals surface area contributed by atoms with Gasteiger partial charge in [0.2, 0.25) is 0 Å². The average Bonchev–Trinajstić information content (AvgIpc) is 3.92. The van der Waals surface area contributed by atoms with Gasteiger partial charge in [-0.2, -0.15) is 0 Å². The van der Waals surface area contributed by atoms with Crippen molar-refractivity contribution in [3.05, 3.63) is 234 Å². The van der Waals surface area contributed by atoms with Crippen LogP contribution in [0.4, 0.5) is 17.6 Å². The van der Waals surface area contributed by atoms with Crippen LogP contribution < -0.4 is 0 Å². The summed E-state index contributed by atoms with van der Waals surface area (Å²) in [6.45, 7) is 0. The maximum absolute atomic E-state index is 14.8. The fraction of sp³-hybridized carbons (Fsp3) is 0.0690. The van der Waals surface area contributed by atoms with Crippen molar-refractivity contribution in [2.75, 3.05) is 0 Å². The van der Waals surface area contributed by atoms with E-state index >= 15 is 0 Å². The second-order valence-corrected chi connectivity index (χ2v) is 15.5. The van der Waals surface area contributed by atoms with E-state index < -0.39 is 48.8 Å². The number of aryl methyl sites for hydroxylation is 4. The molecule has 0 atom stereocenters. The van der Waals surface area contributed by atoms with E-state index in [-0.39, 0.29) is 70.4 Å². The molecule has 0 radical (unpaired) electrons. The summed E-state index contributed by atoms with van der Waals surface area (Å²) < 4.78 is 135. The Kier molecular flexibility index (Phi) is 9.88. The van der Waals surface area contributed by atoms with Gasteiger partial charge in [0.25, 0.3) is 0 Å². The van der Waals surface area contributed by atoms with Crippen molar-refractivity contribution in [3.63, 3.8) is 0 Å². The molecule has 330 valence electrons. The molecule has 0 bridgehead atoms. The number of hydrogen-bond donors (Lipinski definition) is 0. The summed E-state index contributed by atoms with van der Waals surface area (Å²) >= 11 is 0. The van der Waals surface area contributed by atoms with Crippen LogP contribution in [-0.4, -0.2) is 24.3 Å². The van der Waals surface area contributed by atoms with Crippen LogP contribution in [0, 0.1) is 41.5 Å². The van der Waals surface area contributed by atoms with Gasteiger partial charge in [-0.15, -0.1) is 53.9 Å². The van der Waals surface area contributed by atoms with Crippen molar-refractivity contribution < 1.29 is 48.6 Å². The molecule has 0 unspecified atom stereocenters. The van der Waals surface area contributed by atoms with Gasteiger partial charge in [0.05, 0.1) is 18.0 Å². The molecule has 0 spiro atoms. The molecule has 68 heavy (non-hydrogen) atoms. The molecular weight excluding hydrogens is 1030 g/mol. The normalized spacial score (nSPS) is 13.9. The van der Waals surface area contributed by atoms with Crippen molar-refractivity contribution in [2.45, 2.75) is 25.5 Å². The smallest absolute Gasteiger partial charge is 0.341 e. The number of halogens is 4. The molecule has 0 saturated heterocycles. The van der Waals surface area contributed by atoms with Gasteiger partial charge in [0, 0.05) is 58.4 Å². The molecule has 0 aliphatic rings. The minimum absolute atomic E-state index is 0. The molecular formula is C58H36F4IrN5. The van der Waals surface area contributed by atoms with Gasteiger partial charge in [0.1, 0.15) is 0 Å². The topological polar surface area (TPSA) is 56.0 Å². The standard InChI is InChI=1S/C58H36F4N5.Ir/c59-42-20-22-46(50(61)29-42)52-24-18-36(31-64-52)14-16-38-26-39(17-15-37-19-25-53(65-32-37)47-23-21-43(60)30-51(47)62)28-41(27-38)44-10-4-5-11-45(44)49-33-66-58-48-12-6-7-13-54(48)67-35-63-34-55(67)57(58)56(49)40-8-2-1-3-9-40;/h1-11,13,18-21,24-35H,14-17H2;/q-3;+3/i14D2,15D2,16D2,17D2;. The van der Waals surface area contributed by atoms with Gasteiger partial charge < -0.3 is 19.4 Å². The molecule has 0 amide bonds. The van der Waals surface area contributed by atoms with Gasteiger partial charge in [-0.05, 0) is 103 Å². The summed E-state index contributed by atoms with van der Waals surface area (Å²) in [5.74, 6) is -3.64. The predicted octanol–water partition coefficient (Wildman–Crippen LogP) is 13.7. The molecule has 5 aromatic heterocycles. The van der Waals surface area contributed by atoms with E-state index in [0.29, 0.717) is 34.3 Å². The Bertz CT molecular complexity index is 3890. The van der Waals surface area contributed by atoms with Gasteiger partial charge in [-0.1, -0.05) is 120 Å². The monoisotopic (exact) mass is 1080 g/mol. The van der Waals surface area contributed by atoms with E-state index in [1.54, 1.807) is 36.9 Å². The summed E-state index contributed by atoms with van der Waals surface area (Å²) in [5.41, 5.74) is 3.86. The van der Waals surface area contributed by atoms with Crippen LogP contribution in [-0.2, 0) is 45.6 Å². The van der Waals surface area contributed by atoms with Crippen LogP contribution >= 0.6 is 0 Å². The van der Waals surface area contributed by atoms with Crippen molar-refractivity contribution in [3.8, 4) is 55.9 Å².